The van der Waals surface area contributed by atoms with E-state index >= 15 is 0 Å². The van der Waals surface area contributed by atoms with E-state index in [4.69, 9.17) is 0 Å². The van der Waals surface area contributed by atoms with Crippen molar-refractivity contribution >= 4 is 0 Å². The van der Waals surface area contributed by atoms with Gasteiger partial charge in [-0.25, -0.2) is 0 Å². The van der Waals surface area contributed by atoms with E-state index in [1.54, 1.807) is 0 Å². The van der Waals surface area contributed by atoms with Crippen molar-refractivity contribution in [2.75, 3.05) is 0 Å². The SMILES string of the molecule is CCC1=CC=C=CC=C1C. The summed E-state index contributed by atoms with van der Waals surface area (Å²) in [6, 6.07) is 0. The molecule has 0 aromatic carbocycles. The minimum absolute atomic E-state index is 1.11. The molecule has 0 N–H and O–H groups in total. The highest BCUT2D eigenvalue weighted by molar-refractivity contribution is 5.36. The van der Waals surface area contributed by atoms with E-state index in [0.29, 0.717) is 0 Å². The fourth-order valence-corrected chi connectivity index (χ4v) is 1.01. The van der Waals surface area contributed by atoms with Crippen molar-refractivity contribution in [1.82, 2.24) is 0 Å². The van der Waals surface area contributed by atoms with Crippen LogP contribution in [0.5, 0.6) is 0 Å². The molecule has 0 amide bonds. The topological polar surface area (TPSA) is 0 Å². The van der Waals surface area contributed by atoms with Gasteiger partial charge >= 0.3 is 0 Å². The third kappa shape index (κ3) is 1.49. The summed E-state index contributed by atoms with van der Waals surface area (Å²) in [6.45, 7) is 4.30. The first-order chi connectivity index (χ1) is 4.84. The summed E-state index contributed by atoms with van der Waals surface area (Å²) in [5.74, 6) is 0. The van der Waals surface area contributed by atoms with E-state index < -0.39 is 0 Å². The fourth-order valence-electron chi connectivity index (χ4n) is 1.01. The summed E-state index contributed by atoms with van der Waals surface area (Å²) < 4.78 is 0. The minimum Gasteiger partial charge on any atom is -0.121 e. The average molecular weight is 132 g/mol. The Labute approximate surface area is 62.3 Å². The number of hydrogen-bond acceptors (Lipinski definition) is 0. The summed E-state index contributed by atoms with van der Waals surface area (Å²) in [4.78, 5) is 0. The Morgan fingerprint density at radius 1 is 1.30 bits per heavy atom. The van der Waals surface area contributed by atoms with Gasteiger partial charge in [-0.3, -0.25) is 0 Å². The molecule has 1 aliphatic carbocycles. The van der Waals surface area contributed by atoms with Crippen molar-refractivity contribution in [3.05, 3.63) is 41.2 Å². The molecule has 0 fully saturated rings. The molecule has 0 radical (unpaired) electrons. The lowest BCUT2D eigenvalue weighted by Gasteiger charge is -2.00. The molecule has 0 bridgehead atoms. The maximum Gasteiger partial charge on any atom is -0.0197 e. The van der Waals surface area contributed by atoms with Crippen LogP contribution in [0.1, 0.15) is 20.3 Å². The Bertz CT molecular complexity index is 233. The first-order valence-corrected chi connectivity index (χ1v) is 3.63. The van der Waals surface area contributed by atoms with Gasteiger partial charge in [0.15, 0.2) is 0 Å². The highest BCUT2D eigenvalue weighted by Gasteiger charge is 1.94. The molecular formula is C10H12. The van der Waals surface area contributed by atoms with Gasteiger partial charge in [0.2, 0.25) is 0 Å². The number of allylic oxidation sites excluding steroid dienone is 5. The van der Waals surface area contributed by atoms with Gasteiger partial charge in [-0.05, 0) is 36.6 Å². The minimum atomic E-state index is 1.11. The maximum atomic E-state index is 3.04. The van der Waals surface area contributed by atoms with E-state index in [0.717, 1.165) is 6.42 Å². The largest absolute Gasteiger partial charge is 0.121 e. The van der Waals surface area contributed by atoms with Crippen LogP contribution in [-0.2, 0) is 0 Å². The second-order valence-electron chi connectivity index (χ2n) is 2.40. The normalized spacial score (nSPS) is 16.2. The van der Waals surface area contributed by atoms with Gasteiger partial charge in [0, 0.05) is 0 Å². The quantitative estimate of drug-likeness (QED) is 0.481. The van der Waals surface area contributed by atoms with Gasteiger partial charge in [-0.2, -0.15) is 0 Å². The summed E-state index contributed by atoms with van der Waals surface area (Å²) in [5, 5.41) is 0. The lowest BCUT2D eigenvalue weighted by atomic mass is 10.1. The van der Waals surface area contributed by atoms with E-state index in [1.165, 1.54) is 11.1 Å². The van der Waals surface area contributed by atoms with Crippen LogP contribution in [0.25, 0.3) is 0 Å². The van der Waals surface area contributed by atoms with Crippen molar-refractivity contribution in [3.8, 4) is 0 Å². The van der Waals surface area contributed by atoms with E-state index in [9.17, 15) is 0 Å². The van der Waals surface area contributed by atoms with E-state index in [1.807, 2.05) is 12.2 Å². The van der Waals surface area contributed by atoms with Gasteiger partial charge in [0.05, 0.1) is 0 Å². The van der Waals surface area contributed by atoms with Gasteiger partial charge in [-0.15, -0.1) is 5.73 Å². The van der Waals surface area contributed by atoms with Gasteiger partial charge in [0.1, 0.15) is 0 Å². The zero-order valence-corrected chi connectivity index (χ0v) is 6.52. The number of rotatable bonds is 1. The maximum absolute atomic E-state index is 3.04. The van der Waals surface area contributed by atoms with Gasteiger partial charge < -0.3 is 0 Å². The van der Waals surface area contributed by atoms with Crippen molar-refractivity contribution in [1.29, 1.82) is 0 Å². The van der Waals surface area contributed by atoms with Crippen molar-refractivity contribution in [3.63, 3.8) is 0 Å². The van der Waals surface area contributed by atoms with Crippen LogP contribution in [0, 0.1) is 0 Å². The molecule has 0 aliphatic heterocycles. The van der Waals surface area contributed by atoms with Crippen LogP contribution in [0.15, 0.2) is 41.2 Å². The van der Waals surface area contributed by atoms with Crippen LogP contribution in [0.2, 0.25) is 0 Å². The number of hydrogen-bond donors (Lipinski definition) is 0. The molecule has 1 aliphatic rings. The summed E-state index contributed by atoms with van der Waals surface area (Å²) in [6.07, 6.45) is 9.24. The average Bonchev–Trinajstić information content (AvgIpc) is 2.13. The van der Waals surface area contributed by atoms with E-state index in [2.05, 4.69) is 31.7 Å². The van der Waals surface area contributed by atoms with Crippen LogP contribution in [-0.4, -0.2) is 0 Å². The Kier molecular flexibility index (Phi) is 2.30. The summed E-state index contributed by atoms with van der Waals surface area (Å²) >= 11 is 0. The zero-order valence-electron chi connectivity index (χ0n) is 6.52. The van der Waals surface area contributed by atoms with Crippen molar-refractivity contribution in [2.24, 2.45) is 0 Å². The third-order valence-corrected chi connectivity index (χ3v) is 1.70. The second-order valence-corrected chi connectivity index (χ2v) is 2.40. The third-order valence-electron chi connectivity index (χ3n) is 1.70. The molecular weight excluding hydrogens is 120 g/mol. The molecule has 0 atom stereocenters. The highest BCUT2D eigenvalue weighted by Crippen LogP contribution is 2.14. The lowest BCUT2D eigenvalue weighted by Crippen LogP contribution is -1.80. The Morgan fingerprint density at radius 3 is 2.70 bits per heavy atom. The monoisotopic (exact) mass is 132 g/mol. The van der Waals surface area contributed by atoms with Gasteiger partial charge in [-0.1, -0.05) is 19.1 Å². The molecule has 0 heteroatoms. The Morgan fingerprint density at radius 2 is 2.00 bits per heavy atom. The standard InChI is InChI=1S/C10H12/c1-3-10-8-6-4-5-7-9(10)2/h5-8H,3H2,1-2H3. The van der Waals surface area contributed by atoms with Crippen LogP contribution in [0.3, 0.4) is 0 Å². The Balaban J connectivity index is 2.93. The molecule has 10 heavy (non-hydrogen) atoms. The molecule has 0 aromatic heterocycles. The smallest absolute Gasteiger partial charge is 0.0197 e. The van der Waals surface area contributed by atoms with E-state index in [-0.39, 0.29) is 0 Å². The first kappa shape index (κ1) is 7.11. The van der Waals surface area contributed by atoms with Crippen molar-refractivity contribution in [2.45, 2.75) is 20.3 Å². The summed E-state index contributed by atoms with van der Waals surface area (Å²) in [5.41, 5.74) is 5.79. The summed E-state index contributed by atoms with van der Waals surface area (Å²) in [7, 11) is 0. The molecule has 52 valence electrons. The second kappa shape index (κ2) is 3.24. The van der Waals surface area contributed by atoms with Crippen LogP contribution < -0.4 is 0 Å². The fraction of sp³-hybridized carbons (Fsp3) is 0.300. The molecule has 0 saturated carbocycles. The van der Waals surface area contributed by atoms with Crippen LogP contribution >= 0.6 is 0 Å². The molecule has 0 unspecified atom stereocenters. The van der Waals surface area contributed by atoms with Crippen LogP contribution in [0.4, 0.5) is 0 Å². The molecule has 0 heterocycles. The first-order valence-electron chi connectivity index (χ1n) is 3.63. The highest BCUT2D eigenvalue weighted by atomic mass is 14.0. The zero-order chi connectivity index (χ0) is 7.40. The molecule has 0 nitrogen and oxygen atoms in total. The lowest BCUT2D eigenvalue weighted by molar-refractivity contribution is 1.11. The van der Waals surface area contributed by atoms with Crippen molar-refractivity contribution < 1.29 is 0 Å². The predicted molar refractivity (Wildman–Crippen MR) is 44.8 cm³/mol. The molecule has 1 rings (SSSR count). The molecule has 0 aromatic rings. The molecule has 0 spiro atoms. The molecule has 0 saturated heterocycles. The Hall–Kier alpha value is -1.00. The van der Waals surface area contributed by atoms with Gasteiger partial charge in [0.25, 0.3) is 0 Å². The predicted octanol–water partition coefficient (Wildman–Crippen LogP) is 2.99.